The first kappa shape index (κ1) is 18.9. The number of hydrogen-bond donors (Lipinski definition) is 1. The Balaban J connectivity index is 1.64. The summed E-state index contributed by atoms with van der Waals surface area (Å²) in [7, 11) is -3.55. The van der Waals surface area contributed by atoms with Gasteiger partial charge in [0.1, 0.15) is 5.75 Å². The summed E-state index contributed by atoms with van der Waals surface area (Å²) in [5.41, 5.74) is 0.808. The molecule has 1 saturated carbocycles. The lowest BCUT2D eigenvalue weighted by atomic mass is 9.85. The Morgan fingerprint density at radius 3 is 2.23 bits per heavy atom. The van der Waals surface area contributed by atoms with Crippen LogP contribution in [-0.4, -0.2) is 21.1 Å². The van der Waals surface area contributed by atoms with Gasteiger partial charge in [-0.3, -0.25) is 0 Å². The van der Waals surface area contributed by atoms with Crippen LogP contribution in [-0.2, 0) is 15.4 Å². The molecule has 0 aromatic heterocycles. The zero-order valence-corrected chi connectivity index (χ0v) is 16.3. The Kier molecular flexibility index (Phi) is 5.68. The van der Waals surface area contributed by atoms with Gasteiger partial charge in [-0.1, -0.05) is 44.2 Å². The molecule has 0 saturated heterocycles. The van der Waals surface area contributed by atoms with Gasteiger partial charge in [0.2, 0.25) is 10.0 Å². The molecule has 0 heterocycles. The molecule has 1 fully saturated rings. The fourth-order valence-corrected chi connectivity index (χ4v) is 4.46. The van der Waals surface area contributed by atoms with Crippen molar-refractivity contribution >= 4 is 10.0 Å². The third-order valence-corrected chi connectivity index (χ3v) is 6.42. The number of sulfonamides is 1. The van der Waals surface area contributed by atoms with Crippen LogP contribution in [0, 0.1) is 0 Å². The monoisotopic (exact) mass is 373 g/mol. The smallest absolute Gasteiger partial charge is 0.240 e. The van der Waals surface area contributed by atoms with Gasteiger partial charge in [0.15, 0.2) is 0 Å². The van der Waals surface area contributed by atoms with Crippen LogP contribution in [0.5, 0.6) is 5.75 Å². The average Bonchev–Trinajstić information content (AvgIpc) is 3.15. The summed E-state index contributed by atoms with van der Waals surface area (Å²) in [6, 6.07) is 16.6. The summed E-state index contributed by atoms with van der Waals surface area (Å²) >= 11 is 0. The molecule has 0 spiro atoms. The maximum Gasteiger partial charge on any atom is 0.240 e. The lowest BCUT2D eigenvalue weighted by Gasteiger charge is -2.25. The first-order valence-corrected chi connectivity index (χ1v) is 10.7. The lowest BCUT2D eigenvalue weighted by molar-refractivity contribution is 0.210. The molecule has 0 atom stereocenters. The van der Waals surface area contributed by atoms with Crippen LogP contribution in [0.3, 0.4) is 0 Å². The highest BCUT2D eigenvalue weighted by molar-refractivity contribution is 7.89. The van der Waals surface area contributed by atoms with E-state index in [0.29, 0.717) is 6.54 Å². The number of rotatable bonds is 7. The summed E-state index contributed by atoms with van der Waals surface area (Å²) in [6.45, 7) is 4.40. The minimum atomic E-state index is -3.55. The zero-order valence-electron chi connectivity index (χ0n) is 15.4. The first-order chi connectivity index (χ1) is 12.4. The molecule has 1 aliphatic rings. The highest BCUT2D eigenvalue weighted by atomic mass is 32.2. The fraction of sp³-hybridized carbons (Fsp3) is 0.429. The molecule has 2 aromatic rings. The Bertz CT molecular complexity index is 808. The van der Waals surface area contributed by atoms with Crippen molar-refractivity contribution in [3.63, 3.8) is 0 Å². The summed E-state index contributed by atoms with van der Waals surface area (Å²) in [5, 5.41) is 0. The third kappa shape index (κ3) is 4.65. The summed E-state index contributed by atoms with van der Waals surface area (Å²) in [6.07, 6.45) is 4.84. The Hall–Kier alpha value is -1.85. The highest BCUT2D eigenvalue weighted by Crippen LogP contribution is 2.26. The van der Waals surface area contributed by atoms with Crippen molar-refractivity contribution < 1.29 is 13.2 Å². The van der Waals surface area contributed by atoms with E-state index in [4.69, 9.17) is 4.74 Å². The van der Waals surface area contributed by atoms with Gasteiger partial charge in [0, 0.05) is 12.0 Å². The standard InChI is InChI=1S/C21H27NO3S/c1-21(2,17-8-4-3-5-9-17)16-22-26(23,24)20-14-12-19(13-15-20)25-18-10-6-7-11-18/h3-5,8-9,12-15,18,22H,6-7,10-11,16H2,1-2H3. The molecule has 5 heteroatoms. The van der Waals surface area contributed by atoms with Crippen molar-refractivity contribution in [1.82, 2.24) is 4.72 Å². The van der Waals surface area contributed by atoms with Crippen LogP contribution in [0.15, 0.2) is 59.5 Å². The normalized spacial score (nSPS) is 15.9. The fourth-order valence-electron chi connectivity index (χ4n) is 3.25. The van der Waals surface area contributed by atoms with Crippen molar-refractivity contribution in [3.8, 4) is 5.75 Å². The molecule has 140 valence electrons. The SMILES string of the molecule is CC(C)(CNS(=O)(=O)c1ccc(OC2CCCC2)cc1)c1ccccc1. The minimum absolute atomic E-state index is 0.264. The number of hydrogen-bond acceptors (Lipinski definition) is 3. The van der Waals surface area contributed by atoms with Crippen LogP contribution in [0.4, 0.5) is 0 Å². The lowest BCUT2D eigenvalue weighted by Crippen LogP contribution is -2.36. The van der Waals surface area contributed by atoms with E-state index in [1.807, 2.05) is 44.2 Å². The van der Waals surface area contributed by atoms with Crippen molar-refractivity contribution in [2.24, 2.45) is 0 Å². The van der Waals surface area contributed by atoms with Crippen molar-refractivity contribution in [1.29, 1.82) is 0 Å². The minimum Gasteiger partial charge on any atom is -0.490 e. The predicted molar refractivity (Wildman–Crippen MR) is 104 cm³/mol. The summed E-state index contributed by atoms with van der Waals surface area (Å²) in [5.74, 6) is 0.737. The van der Waals surface area contributed by atoms with Crippen LogP contribution >= 0.6 is 0 Å². The van der Waals surface area contributed by atoms with E-state index < -0.39 is 10.0 Å². The second kappa shape index (κ2) is 7.80. The van der Waals surface area contributed by atoms with Gasteiger partial charge in [0.25, 0.3) is 0 Å². The number of benzene rings is 2. The molecule has 3 rings (SSSR count). The highest BCUT2D eigenvalue weighted by Gasteiger charge is 2.24. The maximum atomic E-state index is 12.6. The van der Waals surface area contributed by atoms with E-state index >= 15 is 0 Å². The molecule has 0 bridgehead atoms. The van der Waals surface area contributed by atoms with Crippen LogP contribution < -0.4 is 9.46 Å². The van der Waals surface area contributed by atoms with Crippen molar-refractivity contribution in [3.05, 3.63) is 60.2 Å². The van der Waals surface area contributed by atoms with Gasteiger partial charge in [-0.25, -0.2) is 13.1 Å². The molecule has 0 aliphatic heterocycles. The molecule has 4 nitrogen and oxygen atoms in total. The van der Waals surface area contributed by atoms with E-state index in [2.05, 4.69) is 4.72 Å². The van der Waals surface area contributed by atoms with E-state index in [1.54, 1.807) is 24.3 Å². The molecule has 0 amide bonds. The van der Waals surface area contributed by atoms with Gasteiger partial charge in [-0.2, -0.15) is 0 Å². The van der Waals surface area contributed by atoms with Crippen LogP contribution in [0.1, 0.15) is 45.1 Å². The van der Waals surface area contributed by atoms with E-state index in [1.165, 1.54) is 12.8 Å². The molecule has 1 aliphatic carbocycles. The Labute approximate surface area is 156 Å². The maximum absolute atomic E-state index is 12.6. The average molecular weight is 374 g/mol. The first-order valence-electron chi connectivity index (χ1n) is 9.19. The quantitative estimate of drug-likeness (QED) is 0.789. The van der Waals surface area contributed by atoms with Gasteiger partial charge in [0.05, 0.1) is 11.0 Å². The molecular weight excluding hydrogens is 346 g/mol. The van der Waals surface area contributed by atoms with Crippen molar-refractivity contribution in [2.75, 3.05) is 6.54 Å². The van der Waals surface area contributed by atoms with Crippen LogP contribution in [0.25, 0.3) is 0 Å². The summed E-state index contributed by atoms with van der Waals surface area (Å²) < 4.78 is 33.9. The molecular formula is C21H27NO3S. The molecule has 0 radical (unpaired) electrons. The van der Waals surface area contributed by atoms with Crippen molar-refractivity contribution in [2.45, 2.75) is 55.9 Å². The zero-order chi connectivity index (χ0) is 18.6. The number of nitrogens with one attached hydrogen (secondary N) is 1. The second-order valence-corrected chi connectivity index (χ2v) is 9.34. The molecule has 2 aromatic carbocycles. The second-order valence-electron chi connectivity index (χ2n) is 7.57. The third-order valence-electron chi connectivity index (χ3n) is 5.00. The Morgan fingerprint density at radius 1 is 1.00 bits per heavy atom. The van der Waals surface area contributed by atoms with Gasteiger partial charge in [-0.15, -0.1) is 0 Å². The number of ether oxygens (including phenoxy) is 1. The molecule has 26 heavy (non-hydrogen) atoms. The van der Waals surface area contributed by atoms with E-state index in [0.717, 1.165) is 24.2 Å². The Morgan fingerprint density at radius 2 is 1.62 bits per heavy atom. The van der Waals surface area contributed by atoms with Gasteiger partial charge in [-0.05, 0) is 55.5 Å². The van der Waals surface area contributed by atoms with Crippen LogP contribution in [0.2, 0.25) is 0 Å². The van der Waals surface area contributed by atoms with Gasteiger partial charge >= 0.3 is 0 Å². The molecule has 0 unspecified atom stereocenters. The van der Waals surface area contributed by atoms with Gasteiger partial charge < -0.3 is 4.74 Å². The molecule has 1 N–H and O–H groups in total. The summed E-state index contributed by atoms with van der Waals surface area (Å²) in [4.78, 5) is 0.264. The topological polar surface area (TPSA) is 55.4 Å². The largest absolute Gasteiger partial charge is 0.490 e. The van der Waals surface area contributed by atoms with E-state index in [-0.39, 0.29) is 16.4 Å². The van der Waals surface area contributed by atoms with E-state index in [9.17, 15) is 8.42 Å². The predicted octanol–water partition coefficient (Wildman–Crippen LogP) is 4.26.